The average Bonchev–Trinajstić information content (AvgIpc) is 3.05. The zero-order valence-corrected chi connectivity index (χ0v) is 13.0. The molecule has 114 valence electrons. The molecule has 1 aromatic rings. The summed E-state index contributed by atoms with van der Waals surface area (Å²) in [6.45, 7) is 2.83. The van der Waals surface area contributed by atoms with Gasteiger partial charge >= 0.3 is 0 Å². The summed E-state index contributed by atoms with van der Waals surface area (Å²) >= 11 is 0. The molecular formula is C15H23N5O. The zero-order valence-electron chi connectivity index (χ0n) is 13.0. The Bertz CT molecular complexity index is 545. The minimum Gasteiger partial charge on any atom is -0.347 e. The van der Waals surface area contributed by atoms with Crippen LogP contribution in [0.4, 0.5) is 11.9 Å². The van der Waals surface area contributed by atoms with E-state index in [1.54, 1.807) is 0 Å². The third-order valence-corrected chi connectivity index (χ3v) is 4.50. The first kappa shape index (κ1) is 14.2. The van der Waals surface area contributed by atoms with Gasteiger partial charge in [-0.05, 0) is 32.6 Å². The number of carbonyl (C=O) groups excluding carboxylic acids is 1. The molecule has 0 spiro atoms. The van der Waals surface area contributed by atoms with Gasteiger partial charge in [-0.1, -0.05) is 0 Å². The number of aromatic nitrogens is 3. The van der Waals surface area contributed by atoms with Crippen LogP contribution in [-0.2, 0) is 4.79 Å². The highest BCUT2D eigenvalue weighted by atomic mass is 16.1. The van der Waals surface area contributed by atoms with E-state index in [-0.39, 0.29) is 12.0 Å². The van der Waals surface area contributed by atoms with Crippen LogP contribution in [0.3, 0.4) is 0 Å². The molecule has 1 aliphatic carbocycles. The summed E-state index contributed by atoms with van der Waals surface area (Å²) in [5.41, 5.74) is 0. The minimum absolute atomic E-state index is 0.173. The lowest BCUT2D eigenvalue weighted by molar-refractivity contribution is -0.121. The average molecular weight is 289 g/mol. The van der Waals surface area contributed by atoms with Crippen molar-refractivity contribution in [2.24, 2.45) is 5.92 Å². The molecule has 0 unspecified atom stereocenters. The first-order valence-corrected chi connectivity index (χ1v) is 7.75. The third kappa shape index (κ3) is 2.71. The van der Waals surface area contributed by atoms with Crippen LogP contribution < -0.4 is 9.80 Å². The van der Waals surface area contributed by atoms with E-state index in [2.05, 4.69) is 19.9 Å². The Morgan fingerprint density at radius 2 is 1.95 bits per heavy atom. The molecule has 21 heavy (non-hydrogen) atoms. The Morgan fingerprint density at radius 1 is 1.14 bits per heavy atom. The second-order valence-corrected chi connectivity index (χ2v) is 6.25. The number of hydrogen-bond donors (Lipinski definition) is 0. The molecule has 6 nitrogen and oxygen atoms in total. The maximum absolute atomic E-state index is 12.1. The van der Waals surface area contributed by atoms with Gasteiger partial charge in [-0.25, -0.2) is 0 Å². The van der Waals surface area contributed by atoms with Crippen molar-refractivity contribution in [2.45, 2.75) is 45.1 Å². The normalized spacial score (nSPS) is 25.7. The van der Waals surface area contributed by atoms with Gasteiger partial charge in [0.2, 0.25) is 11.9 Å². The number of carbonyl (C=O) groups is 1. The zero-order chi connectivity index (χ0) is 15.0. The predicted octanol–water partition coefficient (Wildman–Crippen LogP) is 1.58. The van der Waals surface area contributed by atoms with Crippen molar-refractivity contribution >= 4 is 17.7 Å². The number of ketones is 1. The fourth-order valence-electron chi connectivity index (χ4n) is 3.49. The second kappa shape index (κ2) is 5.58. The Balaban J connectivity index is 1.89. The quantitative estimate of drug-likeness (QED) is 0.842. The topological polar surface area (TPSA) is 62.2 Å². The molecule has 1 aromatic heterocycles. The van der Waals surface area contributed by atoms with E-state index in [1.807, 2.05) is 25.9 Å². The summed E-state index contributed by atoms with van der Waals surface area (Å²) in [6, 6.07) is 0.275. The maximum atomic E-state index is 12.1. The van der Waals surface area contributed by atoms with Crippen molar-refractivity contribution in [3.8, 4) is 0 Å². The molecule has 0 N–H and O–H groups in total. The molecule has 2 aliphatic rings. The molecule has 1 aliphatic heterocycles. The summed E-state index contributed by atoms with van der Waals surface area (Å²) in [7, 11) is 3.86. The highest BCUT2D eigenvalue weighted by molar-refractivity contribution is 5.84. The third-order valence-electron chi connectivity index (χ3n) is 4.50. The van der Waals surface area contributed by atoms with E-state index in [0.717, 1.165) is 50.4 Å². The highest BCUT2D eigenvalue weighted by Crippen LogP contribution is 2.35. The lowest BCUT2D eigenvalue weighted by Crippen LogP contribution is -2.39. The molecular weight excluding hydrogens is 266 g/mol. The van der Waals surface area contributed by atoms with E-state index in [9.17, 15) is 4.79 Å². The van der Waals surface area contributed by atoms with Crippen LogP contribution >= 0.6 is 0 Å². The van der Waals surface area contributed by atoms with Gasteiger partial charge in [0.05, 0.1) is 0 Å². The molecule has 1 saturated carbocycles. The molecule has 0 amide bonds. The van der Waals surface area contributed by atoms with Gasteiger partial charge in [-0.15, -0.1) is 0 Å². The summed E-state index contributed by atoms with van der Waals surface area (Å²) < 4.78 is 0. The Hall–Kier alpha value is -1.72. The molecule has 0 aromatic carbocycles. The smallest absolute Gasteiger partial charge is 0.230 e. The van der Waals surface area contributed by atoms with Crippen molar-refractivity contribution in [3.63, 3.8) is 0 Å². The molecule has 0 radical (unpaired) electrons. The van der Waals surface area contributed by atoms with Crippen molar-refractivity contribution in [3.05, 3.63) is 5.82 Å². The van der Waals surface area contributed by atoms with Crippen LogP contribution in [0.25, 0.3) is 0 Å². The number of hydrogen-bond acceptors (Lipinski definition) is 6. The molecule has 2 fully saturated rings. The summed E-state index contributed by atoms with van der Waals surface area (Å²) in [5, 5.41) is 0. The van der Waals surface area contributed by atoms with Crippen LogP contribution in [0.15, 0.2) is 0 Å². The van der Waals surface area contributed by atoms with Gasteiger partial charge in [-0.2, -0.15) is 15.0 Å². The monoisotopic (exact) mass is 289 g/mol. The van der Waals surface area contributed by atoms with Gasteiger partial charge in [-0.3, -0.25) is 4.79 Å². The standard InChI is InChI=1S/C15H23N5O/c1-10-16-14(19(2)3)18-15(17-10)20-9-5-7-12(20)11-6-4-8-13(11)21/h11-12H,4-9H2,1-3H3/t11-,12+/m1/s1. The van der Waals surface area contributed by atoms with Crippen molar-refractivity contribution < 1.29 is 4.79 Å². The van der Waals surface area contributed by atoms with Gasteiger partial charge in [0.1, 0.15) is 11.6 Å². The number of Topliss-reactive ketones (excluding diaryl/α,β-unsaturated/α-hetero) is 1. The van der Waals surface area contributed by atoms with Crippen LogP contribution in [0.5, 0.6) is 0 Å². The van der Waals surface area contributed by atoms with Crippen LogP contribution in [0, 0.1) is 12.8 Å². The van der Waals surface area contributed by atoms with E-state index in [1.165, 1.54) is 0 Å². The summed E-state index contributed by atoms with van der Waals surface area (Å²) in [4.78, 5) is 29.7. The summed E-state index contributed by atoms with van der Waals surface area (Å²) in [6.07, 6.45) is 4.97. The van der Waals surface area contributed by atoms with Crippen molar-refractivity contribution in [1.82, 2.24) is 15.0 Å². The molecule has 2 atom stereocenters. The Labute approximate surface area is 125 Å². The highest BCUT2D eigenvalue weighted by Gasteiger charge is 2.39. The van der Waals surface area contributed by atoms with Gasteiger partial charge in [0, 0.05) is 39.0 Å². The van der Waals surface area contributed by atoms with Crippen molar-refractivity contribution in [1.29, 1.82) is 0 Å². The molecule has 2 heterocycles. The maximum Gasteiger partial charge on any atom is 0.230 e. The molecule has 0 bridgehead atoms. The number of nitrogens with zero attached hydrogens (tertiary/aromatic N) is 5. The fraction of sp³-hybridized carbons (Fsp3) is 0.733. The SMILES string of the molecule is Cc1nc(N(C)C)nc(N2CCC[C@H]2[C@H]2CCCC2=O)n1. The van der Waals surface area contributed by atoms with E-state index in [4.69, 9.17) is 0 Å². The lowest BCUT2D eigenvalue weighted by atomic mass is 9.95. The number of aryl methyl sites for hydroxylation is 1. The Morgan fingerprint density at radius 3 is 2.62 bits per heavy atom. The first-order valence-electron chi connectivity index (χ1n) is 7.75. The van der Waals surface area contributed by atoms with Crippen LogP contribution in [0.2, 0.25) is 0 Å². The Kier molecular flexibility index (Phi) is 3.78. The van der Waals surface area contributed by atoms with Crippen LogP contribution in [0.1, 0.15) is 37.9 Å². The largest absolute Gasteiger partial charge is 0.347 e. The van der Waals surface area contributed by atoms with Crippen LogP contribution in [-0.4, -0.2) is 47.4 Å². The summed E-state index contributed by atoms with van der Waals surface area (Å²) in [5.74, 6) is 2.74. The lowest BCUT2D eigenvalue weighted by Gasteiger charge is -2.29. The van der Waals surface area contributed by atoms with Gasteiger partial charge < -0.3 is 9.80 Å². The number of anilines is 2. The van der Waals surface area contributed by atoms with Gasteiger partial charge in [0.15, 0.2) is 0 Å². The molecule has 1 saturated heterocycles. The molecule has 6 heteroatoms. The van der Waals surface area contributed by atoms with E-state index < -0.39 is 0 Å². The second-order valence-electron chi connectivity index (χ2n) is 6.25. The van der Waals surface area contributed by atoms with E-state index in [0.29, 0.717) is 11.7 Å². The van der Waals surface area contributed by atoms with Crippen molar-refractivity contribution in [2.75, 3.05) is 30.4 Å². The fourth-order valence-corrected chi connectivity index (χ4v) is 3.49. The first-order chi connectivity index (χ1) is 10.1. The molecule has 3 rings (SSSR count). The minimum atomic E-state index is 0.173. The predicted molar refractivity (Wildman–Crippen MR) is 81.6 cm³/mol. The number of rotatable bonds is 3. The van der Waals surface area contributed by atoms with Gasteiger partial charge in [0.25, 0.3) is 0 Å². The van der Waals surface area contributed by atoms with E-state index >= 15 is 0 Å².